The zero-order chi connectivity index (χ0) is 14.8. The fraction of sp³-hybridized carbons (Fsp3) is 0.917. The molecule has 0 bridgehead atoms. The van der Waals surface area contributed by atoms with Crippen molar-refractivity contribution < 1.29 is 23.1 Å². The second kappa shape index (κ2) is 6.38. The van der Waals surface area contributed by atoms with Gasteiger partial charge in [-0.3, -0.25) is 4.79 Å². The molecule has 2 aliphatic rings. The van der Waals surface area contributed by atoms with E-state index in [-0.39, 0.29) is 19.1 Å². The molecular weight excluding hydrogens is 284 g/mol. The van der Waals surface area contributed by atoms with Gasteiger partial charge in [-0.2, -0.15) is 17.4 Å². The summed E-state index contributed by atoms with van der Waals surface area (Å²) in [4.78, 5) is 11.8. The van der Waals surface area contributed by atoms with Crippen molar-refractivity contribution in [1.82, 2.24) is 9.03 Å². The normalized spacial score (nSPS) is 25.6. The Kier molecular flexibility index (Phi) is 5.00. The van der Waals surface area contributed by atoms with Crippen molar-refractivity contribution >= 4 is 16.2 Å². The second-order valence-corrected chi connectivity index (χ2v) is 6.99. The smallest absolute Gasteiger partial charge is 0.324 e. The van der Waals surface area contributed by atoms with Crippen LogP contribution in [0.5, 0.6) is 0 Å². The Morgan fingerprint density at radius 1 is 1.45 bits per heavy atom. The first-order chi connectivity index (χ1) is 9.45. The minimum absolute atomic E-state index is 0.000947. The third-order valence-corrected chi connectivity index (χ3v) is 5.30. The van der Waals surface area contributed by atoms with E-state index in [0.29, 0.717) is 19.4 Å². The predicted molar refractivity (Wildman–Crippen MR) is 72.0 cm³/mol. The van der Waals surface area contributed by atoms with Gasteiger partial charge in [0.1, 0.15) is 6.04 Å². The van der Waals surface area contributed by atoms with Crippen molar-refractivity contribution in [3.05, 3.63) is 0 Å². The lowest BCUT2D eigenvalue weighted by Gasteiger charge is -2.23. The molecule has 7 nitrogen and oxygen atoms in total. The fourth-order valence-corrected chi connectivity index (χ4v) is 3.87. The molecule has 2 fully saturated rings. The molecule has 2 rings (SSSR count). The predicted octanol–water partition coefficient (Wildman–Crippen LogP) is -0.381. The van der Waals surface area contributed by atoms with Gasteiger partial charge in [0.15, 0.2) is 0 Å². The highest BCUT2D eigenvalue weighted by atomic mass is 32.2. The van der Waals surface area contributed by atoms with Crippen LogP contribution < -0.4 is 4.72 Å². The molecule has 0 radical (unpaired) electrons. The molecule has 0 amide bonds. The van der Waals surface area contributed by atoms with Crippen LogP contribution in [0.3, 0.4) is 0 Å². The molecule has 0 aromatic carbocycles. The van der Waals surface area contributed by atoms with Crippen molar-refractivity contribution in [1.29, 1.82) is 0 Å². The molecular formula is C12H22N2O5S. The van der Waals surface area contributed by atoms with Crippen molar-refractivity contribution in [2.24, 2.45) is 5.92 Å². The number of nitrogens with one attached hydrogen (secondary N) is 1. The number of aliphatic hydroxyl groups is 1. The molecule has 116 valence electrons. The summed E-state index contributed by atoms with van der Waals surface area (Å²) in [6.45, 7) is 2.23. The van der Waals surface area contributed by atoms with Gasteiger partial charge in [0, 0.05) is 13.1 Å². The Morgan fingerprint density at radius 3 is 2.75 bits per heavy atom. The maximum atomic E-state index is 12.2. The van der Waals surface area contributed by atoms with E-state index in [2.05, 4.69) is 4.72 Å². The molecule has 1 aliphatic carbocycles. The third-order valence-electron chi connectivity index (χ3n) is 3.71. The molecule has 1 saturated heterocycles. The summed E-state index contributed by atoms with van der Waals surface area (Å²) in [5.74, 6) is -0.296. The summed E-state index contributed by atoms with van der Waals surface area (Å²) in [6, 6.07) is -0.745. The first-order valence-electron chi connectivity index (χ1n) is 7.07. The lowest BCUT2D eigenvalue weighted by molar-refractivity contribution is -0.146. The van der Waals surface area contributed by atoms with Crippen LogP contribution in [0.25, 0.3) is 0 Å². The molecule has 1 heterocycles. The summed E-state index contributed by atoms with van der Waals surface area (Å²) in [7, 11) is -3.75. The average Bonchev–Trinajstić information content (AvgIpc) is 3.12. The number of carbonyl (C=O) groups is 1. The van der Waals surface area contributed by atoms with Crippen LogP contribution in [0.4, 0.5) is 0 Å². The maximum Gasteiger partial charge on any atom is 0.324 e. The number of esters is 1. The highest BCUT2D eigenvalue weighted by Gasteiger charge is 2.40. The zero-order valence-corrected chi connectivity index (χ0v) is 12.4. The van der Waals surface area contributed by atoms with Crippen molar-refractivity contribution in [3.8, 4) is 0 Å². The molecule has 2 N–H and O–H groups in total. The van der Waals surface area contributed by atoms with Gasteiger partial charge in [0.05, 0.1) is 12.7 Å². The van der Waals surface area contributed by atoms with E-state index in [1.165, 1.54) is 0 Å². The Bertz CT molecular complexity index is 449. The lowest BCUT2D eigenvalue weighted by atomic mass is 10.2. The molecule has 1 aliphatic heterocycles. The number of carbonyl (C=O) groups excluding carboxylic acids is 1. The first kappa shape index (κ1) is 15.7. The number of hydrogen-bond donors (Lipinski definition) is 2. The van der Waals surface area contributed by atoms with E-state index in [0.717, 1.165) is 17.1 Å². The van der Waals surface area contributed by atoms with Crippen LogP contribution in [0, 0.1) is 5.92 Å². The highest BCUT2D eigenvalue weighted by molar-refractivity contribution is 7.87. The van der Waals surface area contributed by atoms with Crippen LogP contribution in [-0.2, 0) is 19.7 Å². The van der Waals surface area contributed by atoms with Crippen molar-refractivity contribution in [2.45, 2.75) is 44.8 Å². The maximum absolute atomic E-state index is 12.2. The van der Waals surface area contributed by atoms with Gasteiger partial charge in [-0.15, -0.1) is 0 Å². The standard InChI is InChI=1S/C12H22N2O5S/c1-2-19-12(16)10-4-3-7-14(10)20(17,18)13-8-11(15)9-5-6-9/h9-11,13,15H,2-8H2,1H3. The number of ether oxygens (including phenoxy) is 1. The van der Waals surface area contributed by atoms with Gasteiger partial charge in [0.2, 0.25) is 0 Å². The largest absolute Gasteiger partial charge is 0.465 e. The van der Waals surface area contributed by atoms with Crippen LogP contribution in [0.15, 0.2) is 0 Å². The highest BCUT2D eigenvalue weighted by Crippen LogP contribution is 2.32. The summed E-state index contributed by atoms with van der Waals surface area (Å²) >= 11 is 0. The Labute approximate surface area is 119 Å². The number of rotatable bonds is 7. The average molecular weight is 306 g/mol. The first-order valence-corrected chi connectivity index (χ1v) is 8.51. The van der Waals surface area contributed by atoms with Crippen LogP contribution in [-0.4, -0.2) is 55.6 Å². The summed E-state index contributed by atoms with van der Waals surface area (Å²) < 4.78 is 32.8. The van der Waals surface area contributed by atoms with Gasteiger partial charge in [-0.25, -0.2) is 0 Å². The van der Waals surface area contributed by atoms with E-state index in [4.69, 9.17) is 4.74 Å². The molecule has 0 spiro atoms. The van der Waals surface area contributed by atoms with Gasteiger partial charge in [0.25, 0.3) is 10.2 Å². The second-order valence-electron chi connectivity index (χ2n) is 5.28. The van der Waals surface area contributed by atoms with Gasteiger partial charge >= 0.3 is 5.97 Å². The fourth-order valence-electron chi connectivity index (χ4n) is 2.42. The molecule has 20 heavy (non-hydrogen) atoms. The van der Waals surface area contributed by atoms with E-state index < -0.39 is 28.3 Å². The molecule has 2 unspecified atom stereocenters. The third kappa shape index (κ3) is 3.69. The quantitative estimate of drug-likeness (QED) is 0.625. The summed E-state index contributed by atoms with van der Waals surface area (Å²) in [5, 5.41) is 9.72. The zero-order valence-electron chi connectivity index (χ0n) is 11.6. The van der Waals surface area contributed by atoms with Crippen molar-refractivity contribution in [2.75, 3.05) is 19.7 Å². The molecule has 1 saturated carbocycles. The topological polar surface area (TPSA) is 95.9 Å². The Balaban J connectivity index is 1.94. The van der Waals surface area contributed by atoms with Gasteiger partial charge < -0.3 is 9.84 Å². The number of nitrogens with zero attached hydrogens (tertiary/aromatic N) is 1. The van der Waals surface area contributed by atoms with Crippen LogP contribution >= 0.6 is 0 Å². The van der Waals surface area contributed by atoms with Crippen LogP contribution in [0.2, 0.25) is 0 Å². The Morgan fingerprint density at radius 2 is 2.15 bits per heavy atom. The van der Waals surface area contributed by atoms with E-state index in [9.17, 15) is 18.3 Å². The molecule has 2 atom stereocenters. The number of hydrogen-bond acceptors (Lipinski definition) is 5. The van der Waals surface area contributed by atoms with Gasteiger partial charge in [-0.05, 0) is 38.5 Å². The molecule has 8 heteroatoms. The lowest BCUT2D eigenvalue weighted by Crippen LogP contribution is -2.48. The molecule has 0 aromatic rings. The van der Waals surface area contributed by atoms with Crippen LogP contribution in [0.1, 0.15) is 32.6 Å². The molecule has 0 aromatic heterocycles. The van der Waals surface area contributed by atoms with E-state index in [1.807, 2.05) is 0 Å². The summed E-state index contributed by atoms with van der Waals surface area (Å²) in [5.41, 5.74) is 0. The van der Waals surface area contributed by atoms with E-state index in [1.54, 1.807) is 6.92 Å². The summed E-state index contributed by atoms with van der Waals surface area (Å²) in [6.07, 6.45) is 2.35. The Hall–Kier alpha value is -0.700. The van der Waals surface area contributed by atoms with Gasteiger partial charge in [-0.1, -0.05) is 0 Å². The minimum Gasteiger partial charge on any atom is -0.465 e. The van der Waals surface area contributed by atoms with E-state index >= 15 is 0 Å². The SMILES string of the molecule is CCOC(=O)C1CCCN1S(=O)(=O)NCC(O)C1CC1. The monoisotopic (exact) mass is 306 g/mol. The van der Waals surface area contributed by atoms with Crippen molar-refractivity contribution in [3.63, 3.8) is 0 Å². The number of aliphatic hydroxyl groups excluding tert-OH is 1. The minimum atomic E-state index is -3.75.